The van der Waals surface area contributed by atoms with Crippen molar-refractivity contribution >= 4 is 16.9 Å². The van der Waals surface area contributed by atoms with Gasteiger partial charge in [-0.05, 0) is 30.5 Å². The molecule has 0 amide bonds. The number of carboxylic acids is 1. The van der Waals surface area contributed by atoms with Crippen molar-refractivity contribution < 1.29 is 9.90 Å². The third-order valence-corrected chi connectivity index (χ3v) is 3.78. The Labute approximate surface area is 99.1 Å². The van der Waals surface area contributed by atoms with E-state index in [0.29, 0.717) is 0 Å². The van der Waals surface area contributed by atoms with Crippen LogP contribution in [0.15, 0.2) is 36.5 Å². The summed E-state index contributed by atoms with van der Waals surface area (Å²) in [5.74, 6) is -0.708. The Balaban J connectivity index is 2.27. The zero-order chi connectivity index (χ0) is 11.9. The second kappa shape index (κ2) is 3.55. The Hall–Kier alpha value is -1.90. The quantitative estimate of drug-likeness (QED) is 0.858. The van der Waals surface area contributed by atoms with Crippen molar-refractivity contribution in [3.05, 3.63) is 42.1 Å². The van der Waals surface area contributed by atoms with E-state index in [1.54, 1.807) is 6.20 Å². The fourth-order valence-electron chi connectivity index (χ4n) is 2.64. The highest BCUT2D eigenvalue weighted by molar-refractivity contribution is 5.91. The molecule has 3 heteroatoms. The van der Waals surface area contributed by atoms with Crippen molar-refractivity contribution in [1.82, 2.24) is 4.98 Å². The number of benzene rings is 1. The summed E-state index contributed by atoms with van der Waals surface area (Å²) in [6.45, 7) is 0. The lowest BCUT2D eigenvalue weighted by molar-refractivity contribution is -0.147. The molecule has 0 unspecified atom stereocenters. The average Bonchev–Trinajstić information content (AvgIpc) is 2.27. The zero-order valence-electron chi connectivity index (χ0n) is 9.39. The number of hydrogen-bond acceptors (Lipinski definition) is 2. The molecule has 1 saturated carbocycles. The van der Waals surface area contributed by atoms with E-state index < -0.39 is 11.4 Å². The summed E-state index contributed by atoms with van der Waals surface area (Å²) < 4.78 is 0. The molecule has 0 radical (unpaired) electrons. The Morgan fingerprint density at radius 1 is 1.24 bits per heavy atom. The van der Waals surface area contributed by atoms with E-state index in [0.717, 1.165) is 35.7 Å². The molecular weight excluding hydrogens is 214 g/mol. The van der Waals surface area contributed by atoms with Crippen molar-refractivity contribution in [2.75, 3.05) is 0 Å². The summed E-state index contributed by atoms with van der Waals surface area (Å²) >= 11 is 0. The molecule has 3 nitrogen and oxygen atoms in total. The normalized spacial score (nSPS) is 17.6. The number of fused-ring (bicyclic) bond motifs is 1. The predicted molar refractivity (Wildman–Crippen MR) is 64.9 cm³/mol. The van der Waals surface area contributed by atoms with E-state index >= 15 is 0 Å². The van der Waals surface area contributed by atoms with E-state index in [2.05, 4.69) is 4.98 Å². The van der Waals surface area contributed by atoms with Gasteiger partial charge >= 0.3 is 5.97 Å². The van der Waals surface area contributed by atoms with Crippen LogP contribution < -0.4 is 0 Å². The Bertz CT molecular complexity index is 582. The molecule has 1 aliphatic rings. The number of hydrogen-bond donors (Lipinski definition) is 1. The summed E-state index contributed by atoms with van der Waals surface area (Å²) in [4.78, 5) is 15.8. The lowest BCUT2D eigenvalue weighted by Gasteiger charge is -2.38. The van der Waals surface area contributed by atoms with Crippen LogP contribution in [-0.4, -0.2) is 16.1 Å². The molecule has 3 rings (SSSR count). The lowest BCUT2D eigenvalue weighted by atomic mass is 9.64. The van der Waals surface area contributed by atoms with E-state index in [1.165, 1.54) is 0 Å². The highest BCUT2D eigenvalue weighted by atomic mass is 16.4. The van der Waals surface area contributed by atoms with Crippen molar-refractivity contribution in [1.29, 1.82) is 0 Å². The number of aromatic nitrogens is 1. The first-order valence-corrected chi connectivity index (χ1v) is 5.82. The third kappa shape index (κ3) is 1.35. The first-order valence-electron chi connectivity index (χ1n) is 5.82. The molecule has 0 atom stereocenters. The molecule has 1 fully saturated rings. The molecule has 0 spiro atoms. The molecular formula is C14H13NO2. The third-order valence-electron chi connectivity index (χ3n) is 3.78. The number of carboxylic acid groups (broad SMARTS) is 1. The number of nitrogens with zero attached hydrogens (tertiary/aromatic N) is 1. The fourth-order valence-corrected chi connectivity index (χ4v) is 2.64. The van der Waals surface area contributed by atoms with Gasteiger partial charge in [0.1, 0.15) is 0 Å². The molecule has 1 aliphatic carbocycles. The van der Waals surface area contributed by atoms with Crippen LogP contribution in [0.5, 0.6) is 0 Å². The Kier molecular flexibility index (Phi) is 2.15. The summed E-state index contributed by atoms with van der Waals surface area (Å²) in [6, 6.07) is 9.60. The van der Waals surface area contributed by atoms with Crippen molar-refractivity contribution in [2.45, 2.75) is 24.7 Å². The van der Waals surface area contributed by atoms with E-state index in [9.17, 15) is 9.90 Å². The van der Waals surface area contributed by atoms with Crippen LogP contribution >= 0.6 is 0 Å². The van der Waals surface area contributed by atoms with Gasteiger partial charge in [0.25, 0.3) is 0 Å². The topological polar surface area (TPSA) is 50.2 Å². The minimum absolute atomic E-state index is 0.678. The largest absolute Gasteiger partial charge is 0.481 e. The van der Waals surface area contributed by atoms with Crippen LogP contribution in [0.3, 0.4) is 0 Å². The number of rotatable bonds is 2. The number of carbonyl (C=O) groups is 1. The lowest BCUT2D eigenvalue weighted by Crippen LogP contribution is -2.42. The summed E-state index contributed by atoms with van der Waals surface area (Å²) in [5.41, 5.74) is 1.11. The molecule has 1 heterocycles. The van der Waals surface area contributed by atoms with Gasteiger partial charge in [0.05, 0.1) is 10.9 Å². The van der Waals surface area contributed by atoms with E-state index in [1.807, 2.05) is 30.3 Å². The first-order chi connectivity index (χ1) is 8.24. The average molecular weight is 227 g/mol. The van der Waals surface area contributed by atoms with Crippen LogP contribution in [0.4, 0.5) is 0 Å². The van der Waals surface area contributed by atoms with E-state index in [-0.39, 0.29) is 0 Å². The number of para-hydroxylation sites is 1. The van der Waals surface area contributed by atoms with Gasteiger partial charge in [0, 0.05) is 11.6 Å². The zero-order valence-corrected chi connectivity index (χ0v) is 9.39. The molecule has 86 valence electrons. The molecule has 0 saturated heterocycles. The van der Waals surface area contributed by atoms with Gasteiger partial charge < -0.3 is 5.11 Å². The standard InChI is InChI=1S/C14H13NO2/c16-13(17)14(7-3-8-14)11-6-9-15-12-5-2-1-4-10(11)12/h1-2,4-6,9H,3,7-8H2,(H,16,17). The van der Waals surface area contributed by atoms with Gasteiger partial charge in [0.2, 0.25) is 0 Å². The minimum atomic E-state index is -0.708. The maximum atomic E-state index is 11.5. The number of aliphatic carboxylic acids is 1. The van der Waals surface area contributed by atoms with Gasteiger partial charge in [-0.3, -0.25) is 9.78 Å². The van der Waals surface area contributed by atoms with Crippen molar-refractivity contribution in [3.63, 3.8) is 0 Å². The minimum Gasteiger partial charge on any atom is -0.481 e. The van der Waals surface area contributed by atoms with Crippen LogP contribution in [0.25, 0.3) is 10.9 Å². The van der Waals surface area contributed by atoms with Gasteiger partial charge in [-0.2, -0.15) is 0 Å². The maximum absolute atomic E-state index is 11.5. The summed E-state index contributed by atoms with van der Waals surface area (Å²) in [5, 5.41) is 10.4. The highest BCUT2D eigenvalue weighted by Crippen LogP contribution is 2.45. The Morgan fingerprint density at radius 3 is 2.65 bits per heavy atom. The predicted octanol–water partition coefficient (Wildman–Crippen LogP) is 2.74. The fraction of sp³-hybridized carbons (Fsp3) is 0.286. The first kappa shape index (κ1) is 10.3. The second-order valence-corrected chi connectivity index (χ2v) is 4.62. The monoisotopic (exact) mass is 227 g/mol. The van der Waals surface area contributed by atoms with Gasteiger partial charge in [-0.25, -0.2) is 0 Å². The van der Waals surface area contributed by atoms with Crippen molar-refractivity contribution in [3.8, 4) is 0 Å². The molecule has 2 aromatic rings. The van der Waals surface area contributed by atoms with Crippen LogP contribution in [0.2, 0.25) is 0 Å². The van der Waals surface area contributed by atoms with Crippen LogP contribution in [0, 0.1) is 0 Å². The SMILES string of the molecule is O=C(O)C1(c2ccnc3ccccc23)CCC1. The van der Waals surface area contributed by atoms with Crippen LogP contribution in [0.1, 0.15) is 24.8 Å². The van der Waals surface area contributed by atoms with Gasteiger partial charge in [-0.15, -0.1) is 0 Å². The smallest absolute Gasteiger partial charge is 0.314 e. The molecule has 17 heavy (non-hydrogen) atoms. The van der Waals surface area contributed by atoms with Crippen molar-refractivity contribution in [2.24, 2.45) is 0 Å². The summed E-state index contributed by atoms with van der Waals surface area (Å²) in [6.07, 6.45) is 4.16. The molecule has 1 N–H and O–H groups in total. The molecule has 0 bridgehead atoms. The molecule has 0 aliphatic heterocycles. The van der Waals surface area contributed by atoms with E-state index in [4.69, 9.17) is 0 Å². The maximum Gasteiger partial charge on any atom is 0.314 e. The molecule has 1 aromatic heterocycles. The number of pyridine rings is 1. The van der Waals surface area contributed by atoms with Gasteiger partial charge in [0.15, 0.2) is 0 Å². The van der Waals surface area contributed by atoms with Gasteiger partial charge in [-0.1, -0.05) is 24.6 Å². The highest BCUT2D eigenvalue weighted by Gasteiger charge is 2.46. The second-order valence-electron chi connectivity index (χ2n) is 4.62. The molecule has 1 aromatic carbocycles. The summed E-state index contributed by atoms with van der Waals surface area (Å²) in [7, 11) is 0. The Morgan fingerprint density at radius 2 is 2.00 bits per heavy atom. The van der Waals surface area contributed by atoms with Crippen LogP contribution in [-0.2, 0) is 10.2 Å².